The summed E-state index contributed by atoms with van der Waals surface area (Å²) in [5.41, 5.74) is 0.124. The van der Waals surface area contributed by atoms with E-state index in [9.17, 15) is 9.59 Å². The average molecular weight is 291 g/mol. The first-order valence-electron chi connectivity index (χ1n) is 7.53. The van der Waals surface area contributed by atoms with Crippen molar-refractivity contribution < 1.29 is 9.53 Å². The molecule has 114 valence electrons. The maximum atomic E-state index is 12.5. The minimum Gasteiger partial charge on any atom is -0.378 e. The van der Waals surface area contributed by atoms with Crippen LogP contribution in [0.2, 0.25) is 0 Å². The Hall–Kier alpha value is -1.69. The molecule has 0 aliphatic heterocycles. The molecule has 3 rings (SSSR count). The van der Waals surface area contributed by atoms with Crippen LogP contribution in [-0.2, 0) is 4.74 Å². The number of rotatable bonds is 4. The summed E-state index contributed by atoms with van der Waals surface area (Å²) in [6.45, 7) is 2.73. The zero-order chi connectivity index (χ0) is 15.0. The van der Waals surface area contributed by atoms with Gasteiger partial charge in [0.25, 0.3) is 11.5 Å². The Labute approximate surface area is 123 Å². The minimum absolute atomic E-state index is 0.141. The van der Waals surface area contributed by atoms with Gasteiger partial charge in [0.15, 0.2) is 0 Å². The van der Waals surface area contributed by atoms with Gasteiger partial charge in [-0.3, -0.25) is 9.59 Å². The standard InChI is InChI=1S/C15H21N3O3/c1-3-21-12-9-11(15(12)7-4-8-15)18(2)14(20)10-5-6-13(19)17-16-10/h5-6,11-12H,3-4,7-9H2,1-2H3,(H,17,19)/t11-,12-/m1/s1. The van der Waals surface area contributed by atoms with Crippen molar-refractivity contribution in [2.24, 2.45) is 5.41 Å². The first kappa shape index (κ1) is 14.3. The van der Waals surface area contributed by atoms with E-state index < -0.39 is 0 Å². The van der Waals surface area contributed by atoms with E-state index >= 15 is 0 Å². The van der Waals surface area contributed by atoms with Gasteiger partial charge < -0.3 is 9.64 Å². The van der Waals surface area contributed by atoms with E-state index in [0.29, 0.717) is 0 Å². The van der Waals surface area contributed by atoms with Crippen molar-refractivity contribution in [1.29, 1.82) is 0 Å². The predicted molar refractivity (Wildman–Crippen MR) is 77.1 cm³/mol. The van der Waals surface area contributed by atoms with Crippen molar-refractivity contribution in [3.63, 3.8) is 0 Å². The monoisotopic (exact) mass is 291 g/mol. The highest BCUT2D eigenvalue weighted by molar-refractivity contribution is 5.92. The maximum absolute atomic E-state index is 12.5. The van der Waals surface area contributed by atoms with Crippen LogP contribution in [0, 0.1) is 5.41 Å². The normalized spacial score (nSPS) is 26.0. The van der Waals surface area contributed by atoms with E-state index in [1.807, 2.05) is 14.0 Å². The number of aromatic nitrogens is 2. The van der Waals surface area contributed by atoms with Gasteiger partial charge in [-0.2, -0.15) is 5.10 Å². The molecule has 1 N–H and O–H groups in total. The van der Waals surface area contributed by atoms with Crippen molar-refractivity contribution in [1.82, 2.24) is 15.1 Å². The number of H-pyrrole nitrogens is 1. The van der Waals surface area contributed by atoms with E-state index in [1.165, 1.54) is 18.6 Å². The Balaban J connectivity index is 1.73. The zero-order valence-corrected chi connectivity index (χ0v) is 12.5. The lowest BCUT2D eigenvalue weighted by Crippen LogP contribution is -2.67. The summed E-state index contributed by atoms with van der Waals surface area (Å²) in [5, 5.41) is 6.14. The molecule has 0 radical (unpaired) electrons. The molecular formula is C15H21N3O3. The van der Waals surface area contributed by atoms with Gasteiger partial charge in [0.1, 0.15) is 5.69 Å². The third-order valence-corrected chi connectivity index (χ3v) is 5.08. The summed E-state index contributed by atoms with van der Waals surface area (Å²) in [7, 11) is 1.82. The van der Waals surface area contributed by atoms with E-state index in [-0.39, 0.29) is 34.7 Å². The van der Waals surface area contributed by atoms with Crippen LogP contribution < -0.4 is 5.56 Å². The lowest BCUT2D eigenvalue weighted by atomic mass is 9.50. The molecule has 1 aromatic heterocycles. The van der Waals surface area contributed by atoms with E-state index in [1.54, 1.807) is 4.90 Å². The van der Waals surface area contributed by atoms with Gasteiger partial charge in [0.2, 0.25) is 0 Å². The van der Waals surface area contributed by atoms with Crippen molar-refractivity contribution >= 4 is 5.91 Å². The van der Waals surface area contributed by atoms with E-state index in [0.717, 1.165) is 25.9 Å². The maximum Gasteiger partial charge on any atom is 0.274 e. The van der Waals surface area contributed by atoms with Crippen LogP contribution in [0.3, 0.4) is 0 Å². The number of nitrogens with one attached hydrogen (secondary N) is 1. The molecule has 2 fully saturated rings. The van der Waals surface area contributed by atoms with Gasteiger partial charge in [-0.1, -0.05) is 6.42 Å². The van der Waals surface area contributed by atoms with E-state index in [4.69, 9.17) is 4.74 Å². The highest BCUT2D eigenvalue weighted by Crippen LogP contribution is 2.58. The number of hydrogen-bond acceptors (Lipinski definition) is 4. The third-order valence-electron chi connectivity index (χ3n) is 5.08. The van der Waals surface area contributed by atoms with Crippen molar-refractivity contribution in [2.45, 2.75) is 44.8 Å². The second-order valence-electron chi connectivity index (χ2n) is 6.00. The Kier molecular flexibility index (Phi) is 3.57. The van der Waals surface area contributed by atoms with Crippen LogP contribution in [0.15, 0.2) is 16.9 Å². The number of carbonyl (C=O) groups is 1. The van der Waals surface area contributed by atoms with Crippen molar-refractivity contribution in [2.75, 3.05) is 13.7 Å². The van der Waals surface area contributed by atoms with E-state index in [2.05, 4.69) is 10.2 Å². The van der Waals surface area contributed by atoms with Gasteiger partial charge in [0.05, 0.1) is 6.10 Å². The van der Waals surface area contributed by atoms with Crippen molar-refractivity contribution in [3.05, 3.63) is 28.2 Å². The summed E-state index contributed by atoms with van der Waals surface area (Å²) >= 11 is 0. The molecule has 6 heteroatoms. The molecule has 2 atom stereocenters. The number of hydrogen-bond donors (Lipinski definition) is 1. The quantitative estimate of drug-likeness (QED) is 0.904. The van der Waals surface area contributed by atoms with Crippen LogP contribution >= 0.6 is 0 Å². The number of aromatic amines is 1. The molecule has 1 amide bonds. The highest BCUT2D eigenvalue weighted by atomic mass is 16.5. The molecule has 0 saturated heterocycles. The zero-order valence-electron chi connectivity index (χ0n) is 12.5. The Morgan fingerprint density at radius 2 is 2.29 bits per heavy atom. The topological polar surface area (TPSA) is 75.3 Å². The van der Waals surface area contributed by atoms with Gasteiger partial charge >= 0.3 is 0 Å². The fraction of sp³-hybridized carbons (Fsp3) is 0.667. The van der Waals surface area contributed by atoms with Gasteiger partial charge in [-0.05, 0) is 32.3 Å². The summed E-state index contributed by atoms with van der Waals surface area (Å²) in [4.78, 5) is 25.3. The van der Waals surface area contributed by atoms with Crippen LogP contribution in [-0.4, -0.2) is 46.8 Å². The molecule has 0 unspecified atom stereocenters. The Morgan fingerprint density at radius 1 is 1.52 bits per heavy atom. The second kappa shape index (κ2) is 5.26. The molecule has 1 spiro atoms. The van der Waals surface area contributed by atoms with Gasteiger partial charge in [0, 0.05) is 31.2 Å². The molecule has 21 heavy (non-hydrogen) atoms. The summed E-state index contributed by atoms with van der Waals surface area (Å²) < 4.78 is 5.82. The number of ether oxygens (including phenoxy) is 1. The smallest absolute Gasteiger partial charge is 0.274 e. The third kappa shape index (κ3) is 2.18. The molecule has 1 aromatic rings. The summed E-state index contributed by atoms with van der Waals surface area (Å²) in [6, 6.07) is 3.02. The number of carbonyl (C=O) groups excluding carboxylic acids is 1. The van der Waals surface area contributed by atoms with Crippen LogP contribution in [0.25, 0.3) is 0 Å². The van der Waals surface area contributed by atoms with Gasteiger partial charge in [-0.25, -0.2) is 5.10 Å². The molecular weight excluding hydrogens is 270 g/mol. The number of nitrogens with zero attached hydrogens (tertiary/aromatic N) is 2. The number of amides is 1. The van der Waals surface area contributed by atoms with Crippen molar-refractivity contribution in [3.8, 4) is 0 Å². The predicted octanol–water partition coefficient (Wildman–Crippen LogP) is 1.19. The summed E-state index contributed by atoms with van der Waals surface area (Å²) in [6.07, 6.45) is 4.62. The fourth-order valence-electron chi connectivity index (χ4n) is 3.73. The van der Waals surface area contributed by atoms with Crippen LogP contribution in [0.4, 0.5) is 0 Å². The highest BCUT2D eigenvalue weighted by Gasteiger charge is 2.60. The van der Waals surface area contributed by atoms with Crippen LogP contribution in [0.5, 0.6) is 0 Å². The average Bonchev–Trinajstić information content (AvgIpc) is 2.41. The first-order chi connectivity index (χ1) is 10.1. The molecule has 6 nitrogen and oxygen atoms in total. The Bertz CT molecular complexity index is 574. The SMILES string of the molecule is CCO[C@@H]1C[C@@H](N(C)C(=O)c2ccc(=O)[nH]n2)C12CCC2. The lowest BCUT2D eigenvalue weighted by molar-refractivity contribution is -0.192. The molecule has 0 aromatic carbocycles. The molecule has 2 aliphatic carbocycles. The first-order valence-corrected chi connectivity index (χ1v) is 7.53. The minimum atomic E-state index is -0.301. The summed E-state index contributed by atoms with van der Waals surface area (Å²) in [5.74, 6) is -0.141. The second-order valence-corrected chi connectivity index (χ2v) is 6.00. The van der Waals surface area contributed by atoms with Crippen LogP contribution in [0.1, 0.15) is 43.1 Å². The Morgan fingerprint density at radius 3 is 2.81 bits per heavy atom. The lowest BCUT2D eigenvalue weighted by Gasteiger charge is -2.63. The fourth-order valence-corrected chi connectivity index (χ4v) is 3.73. The molecule has 2 saturated carbocycles. The molecule has 0 bridgehead atoms. The van der Waals surface area contributed by atoms with Gasteiger partial charge in [-0.15, -0.1) is 0 Å². The largest absolute Gasteiger partial charge is 0.378 e. The molecule has 1 heterocycles. The molecule has 2 aliphatic rings.